The van der Waals surface area contributed by atoms with Crippen LogP contribution in [0.15, 0.2) is 108 Å². The third-order valence-corrected chi connectivity index (χ3v) is 8.49. The molecule has 0 fully saturated rings. The van der Waals surface area contributed by atoms with E-state index in [9.17, 15) is 22.4 Å². The molecule has 0 saturated carbocycles. The topological polar surface area (TPSA) is 96.0 Å². The predicted octanol–water partition coefficient (Wildman–Crippen LogP) is 5.29. The lowest BCUT2D eigenvalue weighted by Crippen LogP contribution is -2.50. The van der Waals surface area contributed by atoms with Gasteiger partial charge in [0.15, 0.2) is 0 Å². The Morgan fingerprint density at radius 3 is 2.07 bits per heavy atom. The zero-order chi connectivity index (χ0) is 30.3. The first-order valence-corrected chi connectivity index (χ1v) is 14.7. The fourth-order valence-electron chi connectivity index (χ4n) is 4.27. The van der Waals surface area contributed by atoms with Crippen molar-refractivity contribution < 1.29 is 27.1 Å². The molecule has 218 valence electrons. The van der Waals surface area contributed by atoms with Gasteiger partial charge in [-0.15, -0.1) is 0 Å². The first kappa shape index (κ1) is 30.3. The monoisotopic (exact) mass is 589 g/mol. The van der Waals surface area contributed by atoms with Crippen LogP contribution in [0.5, 0.6) is 11.5 Å². The molecule has 1 unspecified atom stereocenters. The van der Waals surface area contributed by atoms with Gasteiger partial charge in [-0.2, -0.15) is 0 Å². The van der Waals surface area contributed by atoms with Crippen molar-refractivity contribution in [1.82, 2.24) is 10.2 Å². The van der Waals surface area contributed by atoms with Gasteiger partial charge in [0.1, 0.15) is 29.9 Å². The normalized spacial score (nSPS) is 11.8. The summed E-state index contributed by atoms with van der Waals surface area (Å²) in [6.45, 7) is 2.48. The Morgan fingerprint density at radius 2 is 1.45 bits per heavy atom. The second-order valence-electron chi connectivity index (χ2n) is 9.64. The van der Waals surface area contributed by atoms with E-state index in [1.54, 1.807) is 54.6 Å². The third-order valence-electron chi connectivity index (χ3n) is 6.70. The quantitative estimate of drug-likeness (QED) is 0.257. The van der Waals surface area contributed by atoms with Crippen LogP contribution in [0.4, 0.5) is 10.1 Å². The number of rotatable bonds is 11. The van der Waals surface area contributed by atoms with Gasteiger partial charge in [0.25, 0.3) is 10.0 Å². The highest BCUT2D eigenvalue weighted by molar-refractivity contribution is 7.92. The number of anilines is 1. The molecule has 0 heterocycles. The van der Waals surface area contributed by atoms with Crippen molar-refractivity contribution in [1.29, 1.82) is 0 Å². The summed E-state index contributed by atoms with van der Waals surface area (Å²) in [7, 11) is -2.80. The van der Waals surface area contributed by atoms with Gasteiger partial charge < -0.3 is 15.0 Å². The van der Waals surface area contributed by atoms with Crippen molar-refractivity contribution in [3.8, 4) is 11.5 Å². The van der Waals surface area contributed by atoms with E-state index in [0.717, 1.165) is 9.87 Å². The van der Waals surface area contributed by atoms with Gasteiger partial charge in [-0.3, -0.25) is 13.9 Å². The maximum atomic E-state index is 14.6. The molecular weight excluding hydrogens is 557 g/mol. The van der Waals surface area contributed by atoms with Crippen molar-refractivity contribution in [2.75, 3.05) is 17.9 Å². The molecule has 0 aliphatic carbocycles. The molecule has 1 N–H and O–H groups in total. The minimum absolute atomic E-state index is 0.00878. The lowest BCUT2D eigenvalue weighted by Gasteiger charge is -2.32. The zero-order valence-electron chi connectivity index (χ0n) is 23.5. The molecule has 8 nitrogen and oxygen atoms in total. The average molecular weight is 590 g/mol. The van der Waals surface area contributed by atoms with Gasteiger partial charge >= 0.3 is 0 Å². The highest BCUT2D eigenvalue weighted by Gasteiger charge is 2.32. The Bertz CT molecular complexity index is 1630. The molecule has 0 radical (unpaired) electrons. The van der Waals surface area contributed by atoms with Crippen LogP contribution in [0, 0.1) is 12.7 Å². The molecule has 4 aromatic rings. The van der Waals surface area contributed by atoms with Crippen molar-refractivity contribution in [3.05, 3.63) is 120 Å². The minimum Gasteiger partial charge on any atom is -0.457 e. The fourth-order valence-corrected chi connectivity index (χ4v) is 5.69. The third kappa shape index (κ3) is 7.13. The lowest BCUT2D eigenvalue weighted by molar-refractivity contribution is -0.139. The standard InChI is InChI=1S/C32H32FN3O5S/c1-23-13-19-29(20-14-23)42(39,40)36(26-15-17-28(18-16-26)41-27-10-5-4-6-11-27)22-31(37)35(24(2)32(38)34-3)21-25-9-7-8-12-30(25)33/h4-20,24H,21-22H2,1-3H3,(H,34,38). The summed E-state index contributed by atoms with van der Waals surface area (Å²) in [5, 5.41) is 2.50. The summed E-state index contributed by atoms with van der Waals surface area (Å²) in [5.41, 5.74) is 1.27. The van der Waals surface area contributed by atoms with Crippen LogP contribution in [-0.2, 0) is 26.2 Å². The van der Waals surface area contributed by atoms with Gasteiger partial charge in [0.05, 0.1) is 10.6 Å². The molecular formula is C32H32FN3O5S. The van der Waals surface area contributed by atoms with E-state index in [0.29, 0.717) is 11.5 Å². The molecule has 0 bridgehead atoms. The summed E-state index contributed by atoms with van der Waals surface area (Å²) in [4.78, 5) is 27.6. The van der Waals surface area contributed by atoms with Gasteiger partial charge in [0.2, 0.25) is 11.8 Å². The molecule has 0 saturated heterocycles. The SMILES string of the molecule is CNC(=O)C(C)N(Cc1ccccc1F)C(=O)CN(c1ccc(Oc2ccccc2)cc1)S(=O)(=O)c1ccc(C)cc1. The molecule has 4 aromatic carbocycles. The van der Waals surface area contributed by atoms with Crippen LogP contribution < -0.4 is 14.4 Å². The predicted molar refractivity (Wildman–Crippen MR) is 159 cm³/mol. The molecule has 0 aromatic heterocycles. The number of amides is 2. The number of nitrogens with one attached hydrogen (secondary N) is 1. The number of halogens is 1. The second-order valence-corrected chi connectivity index (χ2v) is 11.5. The van der Waals surface area contributed by atoms with Crippen LogP contribution in [-0.4, -0.2) is 44.8 Å². The molecule has 10 heteroatoms. The summed E-state index contributed by atoms with van der Waals surface area (Å²) in [6, 6.07) is 26.6. The van der Waals surface area contributed by atoms with Crippen LogP contribution in [0.25, 0.3) is 0 Å². The largest absolute Gasteiger partial charge is 0.457 e. The van der Waals surface area contributed by atoms with Gasteiger partial charge in [-0.05, 0) is 68.4 Å². The number of carbonyl (C=O) groups is 2. The number of carbonyl (C=O) groups excluding carboxylic acids is 2. The molecule has 0 spiro atoms. The first-order chi connectivity index (χ1) is 20.1. The van der Waals surface area contributed by atoms with E-state index in [1.807, 2.05) is 25.1 Å². The smallest absolute Gasteiger partial charge is 0.264 e. The van der Waals surface area contributed by atoms with Crippen molar-refractivity contribution in [2.24, 2.45) is 0 Å². The molecule has 0 aliphatic heterocycles. The number of hydrogen-bond acceptors (Lipinski definition) is 5. The fraction of sp³-hybridized carbons (Fsp3) is 0.188. The first-order valence-electron chi connectivity index (χ1n) is 13.3. The van der Waals surface area contributed by atoms with Gasteiger partial charge in [0, 0.05) is 19.2 Å². The Labute approximate surface area is 245 Å². The highest BCUT2D eigenvalue weighted by Crippen LogP contribution is 2.29. The van der Waals surface area contributed by atoms with Gasteiger partial charge in [-0.1, -0.05) is 54.1 Å². The van der Waals surface area contributed by atoms with Crippen molar-refractivity contribution in [2.45, 2.75) is 31.3 Å². The Morgan fingerprint density at radius 1 is 0.857 bits per heavy atom. The lowest BCUT2D eigenvalue weighted by atomic mass is 10.1. The van der Waals surface area contributed by atoms with Crippen LogP contribution in [0.2, 0.25) is 0 Å². The van der Waals surface area contributed by atoms with Crippen molar-refractivity contribution >= 4 is 27.5 Å². The Kier molecular flexibility index (Phi) is 9.59. The Balaban J connectivity index is 1.71. The van der Waals surface area contributed by atoms with Crippen LogP contribution in [0.1, 0.15) is 18.1 Å². The molecule has 0 aliphatic rings. The number of benzene rings is 4. The number of hydrogen-bond donors (Lipinski definition) is 1. The maximum absolute atomic E-state index is 14.6. The average Bonchev–Trinajstić information content (AvgIpc) is 2.99. The number of aryl methyl sites for hydroxylation is 1. The number of para-hydroxylation sites is 1. The van der Waals surface area contributed by atoms with E-state index in [2.05, 4.69) is 5.32 Å². The maximum Gasteiger partial charge on any atom is 0.264 e. The van der Waals surface area contributed by atoms with E-state index >= 15 is 0 Å². The molecule has 4 rings (SSSR count). The van der Waals surface area contributed by atoms with Gasteiger partial charge in [-0.25, -0.2) is 12.8 Å². The summed E-state index contributed by atoms with van der Waals surface area (Å²) < 4.78 is 49.3. The molecule has 2 amide bonds. The summed E-state index contributed by atoms with van der Waals surface area (Å²) in [6.07, 6.45) is 0. The number of nitrogens with zero attached hydrogens (tertiary/aromatic N) is 2. The van der Waals surface area contributed by atoms with Crippen molar-refractivity contribution in [3.63, 3.8) is 0 Å². The molecule has 42 heavy (non-hydrogen) atoms. The molecule has 1 atom stereocenters. The Hall–Kier alpha value is -4.70. The number of ether oxygens (including phenoxy) is 1. The van der Waals surface area contributed by atoms with Crippen LogP contribution in [0.3, 0.4) is 0 Å². The summed E-state index contributed by atoms with van der Waals surface area (Å²) in [5.74, 6) is -0.628. The highest BCUT2D eigenvalue weighted by atomic mass is 32.2. The van der Waals surface area contributed by atoms with E-state index in [-0.39, 0.29) is 22.7 Å². The number of likely N-dealkylation sites (N-methyl/N-ethyl adjacent to an activating group) is 1. The zero-order valence-corrected chi connectivity index (χ0v) is 24.3. The van der Waals surface area contributed by atoms with E-state index in [1.165, 1.54) is 49.2 Å². The van der Waals surface area contributed by atoms with E-state index in [4.69, 9.17) is 4.74 Å². The summed E-state index contributed by atoms with van der Waals surface area (Å²) >= 11 is 0. The minimum atomic E-state index is -4.23. The van der Waals surface area contributed by atoms with E-state index < -0.39 is 40.2 Å². The number of sulfonamides is 1. The second kappa shape index (κ2) is 13.3. The van der Waals surface area contributed by atoms with Crippen LogP contribution >= 0.6 is 0 Å².